The largest absolute Gasteiger partial charge is 0.481 e. The first-order valence-corrected chi connectivity index (χ1v) is 5.38. The standard InChI is InChI=1S/C12H15NO4/c1-8-3-6-11(13(16)17)10(7-8)5-4-9(2)12(14)15/h3,6-7,9H,4-5H2,1-2H3,(H,14,15). The Bertz CT molecular complexity index is 442. The van der Waals surface area contributed by atoms with Crippen LogP contribution in [0, 0.1) is 23.0 Å². The van der Waals surface area contributed by atoms with Gasteiger partial charge in [-0.1, -0.05) is 18.6 Å². The third-order valence-electron chi connectivity index (χ3n) is 2.70. The lowest BCUT2D eigenvalue weighted by Crippen LogP contribution is -2.10. The van der Waals surface area contributed by atoms with Crippen LogP contribution >= 0.6 is 0 Å². The number of nitrogens with zero attached hydrogens (tertiary/aromatic N) is 1. The van der Waals surface area contributed by atoms with Crippen LogP contribution in [0.5, 0.6) is 0 Å². The van der Waals surface area contributed by atoms with E-state index in [1.54, 1.807) is 19.1 Å². The van der Waals surface area contributed by atoms with E-state index in [9.17, 15) is 14.9 Å². The zero-order valence-corrected chi connectivity index (χ0v) is 9.84. The van der Waals surface area contributed by atoms with Crippen LogP contribution in [0.25, 0.3) is 0 Å². The highest BCUT2D eigenvalue weighted by molar-refractivity contribution is 5.69. The summed E-state index contributed by atoms with van der Waals surface area (Å²) in [6.45, 7) is 3.46. The predicted octanol–water partition coefficient (Wildman–Crippen LogP) is 2.56. The Labute approximate surface area is 99.2 Å². The number of rotatable bonds is 5. The normalized spacial score (nSPS) is 12.1. The van der Waals surface area contributed by atoms with Crippen molar-refractivity contribution in [1.29, 1.82) is 0 Å². The number of aliphatic carboxylic acids is 1. The van der Waals surface area contributed by atoms with Crippen LogP contribution in [0.2, 0.25) is 0 Å². The summed E-state index contributed by atoms with van der Waals surface area (Å²) < 4.78 is 0. The van der Waals surface area contributed by atoms with Gasteiger partial charge in [0, 0.05) is 11.6 Å². The highest BCUT2D eigenvalue weighted by Crippen LogP contribution is 2.22. The molecule has 0 aliphatic carbocycles. The smallest absolute Gasteiger partial charge is 0.306 e. The molecule has 0 radical (unpaired) electrons. The molecule has 0 aliphatic heterocycles. The van der Waals surface area contributed by atoms with Crippen molar-refractivity contribution in [2.24, 2.45) is 5.92 Å². The molecule has 1 aromatic carbocycles. The number of nitro groups is 1. The Morgan fingerprint density at radius 1 is 1.53 bits per heavy atom. The zero-order valence-electron chi connectivity index (χ0n) is 9.84. The molecular formula is C12H15NO4. The molecule has 0 bridgehead atoms. The highest BCUT2D eigenvalue weighted by Gasteiger charge is 2.16. The molecule has 1 atom stereocenters. The summed E-state index contributed by atoms with van der Waals surface area (Å²) in [5.41, 5.74) is 1.60. The van der Waals surface area contributed by atoms with Gasteiger partial charge in [-0.3, -0.25) is 14.9 Å². The zero-order chi connectivity index (χ0) is 13.0. The van der Waals surface area contributed by atoms with E-state index in [4.69, 9.17) is 5.11 Å². The number of benzene rings is 1. The van der Waals surface area contributed by atoms with Crippen LogP contribution in [0.4, 0.5) is 5.69 Å². The minimum Gasteiger partial charge on any atom is -0.481 e. The van der Waals surface area contributed by atoms with Crippen molar-refractivity contribution in [3.05, 3.63) is 39.4 Å². The fraction of sp³-hybridized carbons (Fsp3) is 0.417. The van der Waals surface area contributed by atoms with Crippen molar-refractivity contribution in [3.63, 3.8) is 0 Å². The van der Waals surface area contributed by atoms with Gasteiger partial charge in [0.2, 0.25) is 0 Å². The predicted molar refractivity (Wildman–Crippen MR) is 63.0 cm³/mol. The second-order valence-corrected chi connectivity index (χ2v) is 4.17. The van der Waals surface area contributed by atoms with Crippen molar-refractivity contribution in [1.82, 2.24) is 0 Å². The van der Waals surface area contributed by atoms with Crippen LogP contribution in [0.1, 0.15) is 24.5 Å². The third kappa shape index (κ3) is 3.55. The lowest BCUT2D eigenvalue weighted by atomic mass is 9.99. The maximum absolute atomic E-state index is 10.8. The second kappa shape index (κ2) is 5.43. The number of carboxylic acid groups (broad SMARTS) is 1. The maximum atomic E-state index is 10.8. The lowest BCUT2D eigenvalue weighted by molar-refractivity contribution is -0.385. The number of hydrogen-bond acceptors (Lipinski definition) is 3. The first-order valence-electron chi connectivity index (χ1n) is 5.38. The molecule has 1 rings (SSSR count). The molecule has 0 aliphatic rings. The fourth-order valence-corrected chi connectivity index (χ4v) is 1.59. The van der Waals surface area contributed by atoms with Crippen molar-refractivity contribution in [2.45, 2.75) is 26.7 Å². The maximum Gasteiger partial charge on any atom is 0.306 e. The number of nitro benzene ring substituents is 1. The van der Waals surface area contributed by atoms with Crippen molar-refractivity contribution in [2.75, 3.05) is 0 Å². The molecule has 5 nitrogen and oxygen atoms in total. The van der Waals surface area contributed by atoms with Gasteiger partial charge in [-0.05, 0) is 25.8 Å². The lowest BCUT2D eigenvalue weighted by Gasteiger charge is -2.07. The summed E-state index contributed by atoms with van der Waals surface area (Å²) in [5, 5.41) is 19.6. The van der Waals surface area contributed by atoms with Crippen LogP contribution < -0.4 is 0 Å². The summed E-state index contributed by atoms with van der Waals surface area (Å²) >= 11 is 0. The Hall–Kier alpha value is -1.91. The minimum atomic E-state index is -0.875. The van der Waals surface area contributed by atoms with Crippen molar-refractivity contribution in [3.8, 4) is 0 Å². The van der Waals surface area contributed by atoms with Crippen molar-refractivity contribution >= 4 is 11.7 Å². The van der Waals surface area contributed by atoms with E-state index < -0.39 is 16.8 Å². The molecule has 0 heterocycles. The molecule has 0 spiro atoms. The van der Waals surface area contributed by atoms with Gasteiger partial charge in [-0.25, -0.2) is 0 Å². The summed E-state index contributed by atoms with van der Waals surface area (Å²) in [4.78, 5) is 21.0. The number of hydrogen-bond donors (Lipinski definition) is 1. The molecule has 0 saturated carbocycles. The topological polar surface area (TPSA) is 80.4 Å². The summed E-state index contributed by atoms with van der Waals surface area (Å²) in [6.07, 6.45) is 0.811. The average molecular weight is 237 g/mol. The Kier molecular flexibility index (Phi) is 4.20. The quantitative estimate of drug-likeness (QED) is 0.630. The van der Waals surface area contributed by atoms with E-state index in [0.29, 0.717) is 18.4 Å². The van der Waals surface area contributed by atoms with Gasteiger partial charge < -0.3 is 5.11 Å². The van der Waals surface area contributed by atoms with E-state index in [0.717, 1.165) is 5.56 Å². The molecule has 0 saturated heterocycles. The Morgan fingerprint density at radius 2 is 2.18 bits per heavy atom. The fourth-order valence-electron chi connectivity index (χ4n) is 1.59. The monoisotopic (exact) mass is 237 g/mol. The second-order valence-electron chi connectivity index (χ2n) is 4.17. The molecule has 1 aromatic rings. The molecule has 0 fully saturated rings. The summed E-state index contributed by atoms with van der Waals surface area (Å²) in [7, 11) is 0. The highest BCUT2D eigenvalue weighted by atomic mass is 16.6. The van der Waals surface area contributed by atoms with Gasteiger partial charge in [0.05, 0.1) is 10.8 Å². The molecule has 17 heavy (non-hydrogen) atoms. The third-order valence-corrected chi connectivity index (χ3v) is 2.70. The SMILES string of the molecule is Cc1ccc([N+](=O)[O-])c(CCC(C)C(=O)O)c1. The van der Waals surface area contributed by atoms with E-state index in [2.05, 4.69) is 0 Å². The van der Waals surface area contributed by atoms with Crippen molar-refractivity contribution < 1.29 is 14.8 Å². The van der Waals surface area contributed by atoms with Crippen LogP contribution in [-0.4, -0.2) is 16.0 Å². The Morgan fingerprint density at radius 3 is 2.71 bits per heavy atom. The molecular weight excluding hydrogens is 222 g/mol. The van der Waals surface area contributed by atoms with E-state index in [-0.39, 0.29) is 5.69 Å². The molecule has 0 aromatic heterocycles. The van der Waals surface area contributed by atoms with Gasteiger partial charge in [0.15, 0.2) is 0 Å². The number of carbonyl (C=O) groups is 1. The number of aryl methyl sites for hydroxylation is 2. The van der Waals surface area contributed by atoms with Crippen LogP contribution in [0.3, 0.4) is 0 Å². The van der Waals surface area contributed by atoms with E-state index in [1.165, 1.54) is 6.07 Å². The van der Waals surface area contributed by atoms with Gasteiger partial charge >= 0.3 is 5.97 Å². The van der Waals surface area contributed by atoms with E-state index >= 15 is 0 Å². The molecule has 0 amide bonds. The van der Waals surface area contributed by atoms with Gasteiger partial charge in [-0.15, -0.1) is 0 Å². The van der Waals surface area contributed by atoms with Gasteiger partial charge in [0.1, 0.15) is 0 Å². The molecule has 1 unspecified atom stereocenters. The number of carboxylic acids is 1. The van der Waals surface area contributed by atoms with Gasteiger partial charge in [0.25, 0.3) is 5.69 Å². The van der Waals surface area contributed by atoms with Gasteiger partial charge in [-0.2, -0.15) is 0 Å². The summed E-state index contributed by atoms with van der Waals surface area (Å²) in [6, 6.07) is 4.89. The van der Waals surface area contributed by atoms with Crippen LogP contribution in [-0.2, 0) is 11.2 Å². The van der Waals surface area contributed by atoms with E-state index in [1.807, 2.05) is 6.92 Å². The Balaban J connectivity index is 2.85. The van der Waals surface area contributed by atoms with Crippen LogP contribution in [0.15, 0.2) is 18.2 Å². The summed E-state index contributed by atoms with van der Waals surface area (Å²) in [5.74, 6) is -1.37. The first kappa shape index (κ1) is 13.2. The molecule has 5 heteroatoms. The minimum absolute atomic E-state index is 0.0631. The molecule has 92 valence electrons. The molecule has 1 N–H and O–H groups in total. The first-order chi connectivity index (χ1) is 7.91. The average Bonchev–Trinajstić information content (AvgIpc) is 2.25.